The van der Waals surface area contributed by atoms with Crippen molar-refractivity contribution >= 4 is 46.4 Å². The van der Waals surface area contributed by atoms with Crippen molar-refractivity contribution in [2.24, 2.45) is 0 Å². The largest absolute Gasteiger partial charge is 0.450 e. The normalized spacial score (nSPS) is 19.8. The fourth-order valence-corrected chi connectivity index (χ4v) is 2.39. The number of rotatable bonds is 0. The number of benzene rings is 1. The predicted molar refractivity (Wildman–Crippen MR) is 72.9 cm³/mol. The van der Waals surface area contributed by atoms with Crippen molar-refractivity contribution in [2.45, 2.75) is 10.8 Å². The molecular weight excluding hydrogens is 318 g/mol. The summed E-state index contributed by atoms with van der Waals surface area (Å²) in [5, 5.41) is 0.803. The molecule has 2 aliphatic rings. The number of halogens is 4. The Bertz CT molecular complexity index is 590. The zero-order valence-corrected chi connectivity index (χ0v) is 11.9. The van der Waals surface area contributed by atoms with Crippen LogP contribution in [0.25, 0.3) is 0 Å². The van der Waals surface area contributed by atoms with E-state index >= 15 is 0 Å². The Morgan fingerprint density at radius 3 is 2.11 bits per heavy atom. The molecule has 0 N–H and O–H groups in total. The van der Waals surface area contributed by atoms with E-state index in [2.05, 4.69) is 0 Å². The van der Waals surface area contributed by atoms with Gasteiger partial charge in [0.2, 0.25) is 0 Å². The van der Waals surface area contributed by atoms with Crippen molar-refractivity contribution in [3.63, 3.8) is 0 Å². The summed E-state index contributed by atoms with van der Waals surface area (Å²) in [4.78, 5) is 0. The molecule has 0 atom stereocenters. The highest BCUT2D eigenvalue weighted by Crippen LogP contribution is 2.45. The van der Waals surface area contributed by atoms with Crippen LogP contribution in [0.15, 0.2) is 35.8 Å². The van der Waals surface area contributed by atoms with Gasteiger partial charge >= 0.3 is 0 Å². The topological polar surface area (TPSA) is 18.5 Å². The Kier molecular flexibility index (Phi) is 2.94. The van der Waals surface area contributed by atoms with Gasteiger partial charge in [-0.2, -0.15) is 0 Å². The van der Waals surface area contributed by atoms with Crippen molar-refractivity contribution in [3.8, 4) is 11.5 Å². The Hall–Kier alpha value is -0.540. The summed E-state index contributed by atoms with van der Waals surface area (Å²) in [5.41, 5.74) is 0. The van der Waals surface area contributed by atoms with Crippen LogP contribution in [0.1, 0.15) is 6.42 Å². The fraction of sp³-hybridized carbons (Fsp3) is 0.167. The van der Waals surface area contributed by atoms with Gasteiger partial charge in [0.05, 0.1) is 10.0 Å². The van der Waals surface area contributed by atoms with Gasteiger partial charge in [-0.1, -0.05) is 46.4 Å². The van der Waals surface area contributed by atoms with Crippen molar-refractivity contribution in [2.75, 3.05) is 0 Å². The standard InChI is InChI=1S/C12H6Cl4O2/c13-6-3-9-10(4-7(6)14)18-11-5-12(15,16)2-1-8(11)17-9/h1,3-5H,2H2. The third-order valence-corrected chi connectivity index (χ3v) is 3.82. The van der Waals surface area contributed by atoms with Crippen LogP contribution in [0, 0.1) is 0 Å². The molecule has 1 aliphatic heterocycles. The van der Waals surface area contributed by atoms with E-state index in [0.717, 1.165) is 0 Å². The van der Waals surface area contributed by atoms with Crippen LogP contribution in [0.5, 0.6) is 11.5 Å². The molecular formula is C12H6Cl4O2. The number of hydrogen-bond donors (Lipinski definition) is 0. The van der Waals surface area contributed by atoms with Gasteiger partial charge < -0.3 is 9.47 Å². The summed E-state index contributed by atoms with van der Waals surface area (Å²) < 4.78 is 10.4. The van der Waals surface area contributed by atoms with E-state index in [1.807, 2.05) is 0 Å². The van der Waals surface area contributed by atoms with E-state index in [4.69, 9.17) is 55.9 Å². The molecule has 0 radical (unpaired) electrons. The maximum atomic E-state index is 6.04. The highest BCUT2D eigenvalue weighted by molar-refractivity contribution is 6.50. The van der Waals surface area contributed by atoms with E-state index in [1.54, 1.807) is 24.3 Å². The third-order valence-electron chi connectivity index (χ3n) is 2.57. The highest BCUT2D eigenvalue weighted by atomic mass is 35.5. The molecule has 1 aromatic rings. The average molecular weight is 324 g/mol. The molecule has 2 nitrogen and oxygen atoms in total. The summed E-state index contributed by atoms with van der Waals surface area (Å²) in [6.07, 6.45) is 3.84. The van der Waals surface area contributed by atoms with Crippen LogP contribution in [-0.4, -0.2) is 4.33 Å². The first-order chi connectivity index (χ1) is 8.44. The zero-order chi connectivity index (χ0) is 12.9. The van der Waals surface area contributed by atoms with Crippen molar-refractivity contribution < 1.29 is 9.47 Å². The van der Waals surface area contributed by atoms with Crippen LogP contribution < -0.4 is 9.47 Å². The van der Waals surface area contributed by atoms with Crippen molar-refractivity contribution in [1.82, 2.24) is 0 Å². The number of hydrogen-bond acceptors (Lipinski definition) is 2. The van der Waals surface area contributed by atoms with E-state index < -0.39 is 4.33 Å². The minimum atomic E-state index is -0.976. The Balaban J connectivity index is 2.06. The second kappa shape index (κ2) is 4.24. The van der Waals surface area contributed by atoms with Gasteiger partial charge in [-0.25, -0.2) is 0 Å². The Morgan fingerprint density at radius 1 is 0.944 bits per heavy atom. The van der Waals surface area contributed by atoms with Crippen LogP contribution in [-0.2, 0) is 0 Å². The molecule has 1 heterocycles. The van der Waals surface area contributed by atoms with E-state index in [9.17, 15) is 0 Å². The lowest BCUT2D eigenvalue weighted by Gasteiger charge is -2.28. The lowest BCUT2D eigenvalue weighted by Crippen LogP contribution is -2.21. The van der Waals surface area contributed by atoms with Gasteiger partial charge in [0, 0.05) is 18.6 Å². The summed E-state index contributed by atoms with van der Waals surface area (Å²) in [7, 11) is 0. The van der Waals surface area contributed by atoms with Crippen molar-refractivity contribution in [3.05, 3.63) is 45.8 Å². The smallest absolute Gasteiger partial charge is 0.171 e. The van der Waals surface area contributed by atoms with Gasteiger partial charge in [0.25, 0.3) is 0 Å². The maximum absolute atomic E-state index is 6.04. The quantitative estimate of drug-likeness (QED) is 0.618. The first-order valence-corrected chi connectivity index (χ1v) is 6.62. The van der Waals surface area contributed by atoms with Gasteiger partial charge in [-0.3, -0.25) is 0 Å². The first-order valence-electron chi connectivity index (χ1n) is 5.10. The predicted octanol–water partition coefficient (Wildman–Crippen LogP) is 5.11. The molecule has 0 unspecified atom stereocenters. The fourth-order valence-electron chi connectivity index (χ4n) is 1.73. The van der Waals surface area contributed by atoms with Gasteiger partial charge in [0.15, 0.2) is 23.0 Å². The number of alkyl halides is 2. The monoisotopic (exact) mass is 322 g/mol. The molecule has 3 rings (SSSR count). The SMILES string of the molecule is Clc1cc2c(cc1Cl)OC1=CC(Cl)(Cl)CC=C1O2. The molecule has 1 aromatic carbocycles. The summed E-state index contributed by atoms with van der Waals surface area (Å²) in [6, 6.07) is 3.20. The average Bonchev–Trinajstić information content (AvgIpc) is 2.28. The number of allylic oxidation sites excluding steroid dienone is 2. The molecule has 0 aromatic heterocycles. The van der Waals surface area contributed by atoms with Gasteiger partial charge in [-0.05, 0) is 12.2 Å². The molecule has 0 saturated carbocycles. The lowest BCUT2D eigenvalue weighted by atomic mass is 10.1. The molecule has 18 heavy (non-hydrogen) atoms. The molecule has 0 bridgehead atoms. The molecule has 0 fully saturated rings. The molecule has 1 aliphatic carbocycles. The highest BCUT2D eigenvalue weighted by Gasteiger charge is 2.32. The molecule has 94 valence electrons. The minimum Gasteiger partial charge on any atom is -0.450 e. The number of fused-ring (bicyclic) bond motifs is 2. The molecule has 6 heteroatoms. The second-order valence-electron chi connectivity index (χ2n) is 3.96. The first kappa shape index (κ1) is 12.5. The summed E-state index contributed by atoms with van der Waals surface area (Å²) >= 11 is 23.9. The van der Waals surface area contributed by atoms with E-state index in [1.165, 1.54) is 0 Å². The summed E-state index contributed by atoms with van der Waals surface area (Å²) in [6.45, 7) is 0. The molecule has 0 amide bonds. The van der Waals surface area contributed by atoms with Crippen LogP contribution >= 0.6 is 46.4 Å². The van der Waals surface area contributed by atoms with Crippen LogP contribution in [0.2, 0.25) is 10.0 Å². The van der Waals surface area contributed by atoms with E-state index in [-0.39, 0.29) is 0 Å². The van der Waals surface area contributed by atoms with Crippen LogP contribution in [0.4, 0.5) is 0 Å². The molecule has 0 saturated heterocycles. The third kappa shape index (κ3) is 2.19. The van der Waals surface area contributed by atoms with Crippen LogP contribution in [0.3, 0.4) is 0 Å². The lowest BCUT2D eigenvalue weighted by molar-refractivity contribution is 0.288. The van der Waals surface area contributed by atoms with E-state index in [0.29, 0.717) is 39.5 Å². The Labute approximate surface area is 124 Å². The Morgan fingerprint density at radius 2 is 1.50 bits per heavy atom. The summed E-state index contributed by atoms with van der Waals surface area (Å²) in [5.74, 6) is 2.07. The second-order valence-corrected chi connectivity index (χ2v) is 6.32. The maximum Gasteiger partial charge on any atom is 0.171 e. The van der Waals surface area contributed by atoms with Gasteiger partial charge in [-0.15, -0.1) is 0 Å². The zero-order valence-electron chi connectivity index (χ0n) is 8.84. The molecule has 0 spiro atoms. The van der Waals surface area contributed by atoms with Crippen molar-refractivity contribution in [1.29, 1.82) is 0 Å². The van der Waals surface area contributed by atoms with Gasteiger partial charge in [0.1, 0.15) is 4.33 Å². The minimum absolute atomic E-state index is 0.394. The number of ether oxygens (including phenoxy) is 2.